The molecular weight excluding hydrogens is 1310 g/mol. The molecule has 0 spiro atoms. The van der Waals surface area contributed by atoms with Crippen LogP contribution in [0.3, 0.4) is 0 Å². The lowest BCUT2D eigenvalue weighted by molar-refractivity contribution is -0.0667. The third kappa shape index (κ3) is 13.0. The van der Waals surface area contributed by atoms with Crippen molar-refractivity contribution in [2.24, 2.45) is 0 Å². The minimum atomic E-state index is -5.56. The molecule has 0 saturated carbocycles. The van der Waals surface area contributed by atoms with Crippen LogP contribution in [0.25, 0.3) is 44.7 Å². The normalized spacial score (nSPS) is 30.9. The highest BCUT2D eigenvalue weighted by Gasteiger charge is 2.54. The topological polar surface area (TPSA) is 651 Å². The zero-order valence-corrected chi connectivity index (χ0v) is 49.5. The molecule has 49 heteroatoms. The molecule has 492 valence electrons. The van der Waals surface area contributed by atoms with E-state index in [0.29, 0.717) is 0 Å². The summed E-state index contributed by atoms with van der Waals surface area (Å²) in [5.74, 6) is -0.270. The molecule has 0 aromatic carbocycles. The average Bonchev–Trinajstić information content (AvgIpc) is 1.65. The van der Waals surface area contributed by atoms with Gasteiger partial charge in [-0.05, 0) is 0 Å². The number of aliphatic hydroxyl groups excluding tert-OH is 5. The number of aromatic nitrogens is 16. The Kier molecular flexibility index (Phi) is 17.8. The number of fused-ring (bicyclic) bond motifs is 4. The zero-order valence-electron chi connectivity index (χ0n) is 45.9. The van der Waals surface area contributed by atoms with E-state index in [1.807, 2.05) is 0 Å². The fourth-order valence-corrected chi connectivity index (χ4v) is 13.7. The summed E-state index contributed by atoms with van der Waals surface area (Å²) in [5.41, 5.74) is 24.2. The smallest absolute Gasteiger partial charge is 0.387 e. The van der Waals surface area contributed by atoms with Gasteiger partial charge in [-0.3, -0.25) is 50.0 Å². The second-order valence-electron chi connectivity index (χ2n) is 20.6. The fourth-order valence-electron chi connectivity index (χ4n) is 10.4. The number of imidazole rings is 4. The first kappa shape index (κ1) is 64.6. The van der Waals surface area contributed by atoms with E-state index in [9.17, 15) is 68.3 Å². The molecular formula is C42H54N20O25P4. The van der Waals surface area contributed by atoms with Gasteiger partial charge in [-0.2, -0.15) is 0 Å². The molecule has 12 heterocycles. The number of rotatable bonds is 24. The van der Waals surface area contributed by atoms with E-state index >= 15 is 0 Å². The predicted octanol–water partition coefficient (Wildman–Crippen LogP) is -4.23. The Morgan fingerprint density at radius 2 is 0.703 bits per heavy atom. The molecule has 18 N–H and O–H groups in total. The highest BCUT2D eigenvalue weighted by Crippen LogP contribution is 2.54. The highest BCUT2D eigenvalue weighted by molar-refractivity contribution is 7.52. The van der Waals surface area contributed by atoms with Gasteiger partial charge < -0.3 is 101 Å². The van der Waals surface area contributed by atoms with Crippen molar-refractivity contribution in [1.29, 1.82) is 0 Å². The zero-order chi connectivity index (χ0) is 64.6. The number of phosphoric acid groups is 2. The fraction of sp³-hybridized carbons (Fsp3) is 0.524. The van der Waals surface area contributed by atoms with Gasteiger partial charge in [0.25, 0.3) is 0 Å². The molecule has 8 aromatic rings. The van der Waals surface area contributed by atoms with Gasteiger partial charge in [-0.25, -0.2) is 68.9 Å². The van der Waals surface area contributed by atoms with Crippen molar-refractivity contribution in [3.05, 3.63) is 50.6 Å². The molecule has 0 amide bonds. The number of anilines is 4. The maximum atomic E-state index is 14.1. The summed E-state index contributed by atoms with van der Waals surface area (Å²) >= 11 is 0. The van der Waals surface area contributed by atoms with Gasteiger partial charge in [-0.15, -0.1) is 0 Å². The second kappa shape index (κ2) is 25.1. The van der Waals surface area contributed by atoms with E-state index in [0.717, 1.165) is 58.0 Å². The van der Waals surface area contributed by atoms with Crippen LogP contribution in [0.5, 0.6) is 0 Å². The molecule has 4 saturated heterocycles. The van der Waals surface area contributed by atoms with Gasteiger partial charge in [-0.1, -0.05) is 0 Å². The average molecular weight is 1360 g/mol. The molecule has 0 radical (unpaired) electrons. The number of ether oxygens (including phenoxy) is 6. The molecule has 0 aliphatic carbocycles. The van der Waals surface area contributed by atoms with Crippen molar-refractivity contribution < 1.29 is 119 Å². The lowest BCUT2D eigenvalue weighted by Gasteiger charge is -2.25. The van der Waals surface area contributed by atoms with Gasteiger partial charge >= 0.3 is 30.8 Å². The first-order chi connectivity index (χ1) is 43.2. The van der Waals surface area contributed by atoms with Crippen LogP contribution >= 0.6 is 30.8 Å². The van der Waals surface area contributed by atoms with Crippen molar-refractivity contribution >= 4 is 98.8 Å². The number of nitrogen functional groups attached to an aromatic ring is 4. The van der Waals surface area contributed by atoms with Gasteiger partial charge in [0.15, 0.2) is 70.8 Å². The molecule has 19 atom stereocenters. The summed E-state index contributed by atoms with van der Waals surface area (Å²) < 4.78 is 119. The van der Waals surface area contributed by atoms with E-state index in [1.54, 1.807) is 0 Å². The highest BCUT2D eigenvalue weighted by atomic mass is 31.2. The van der Waals surface area contributed by atoms with Crippen molar-refractivity contribution in [1.82, 2.24) is 78.1 Å². The van der Waals surface area contributed by atoms with Gasteiger partial charge in [0.1, 0.15) is 133 Å². The van der Waals surface area contributed by atoms with E-state index in [2.05, 4.69) is 64.3 Å². The molecule has 3 unspecified atom stereocenters. The maximum Gasteiger partial charge on any atom is 0.472 e. The number of hydrogen-bond donors (Lipinski definition) is 14. The van der Waals surface area contributed by atoms with Crippen LogP contribution < -0.4 is 22.9 Å². The van der Waals surface area contributed by atoms with Crippen LogP contribution in [0.1, 0.15) is 24.9 Å². The molecule has 4 fully saturated rings. The van der Waals surface area contributed by atoms with Crippen LogP contribution in [0, 0.1) is 0 Å². The Morgan fingerprint density at radius 3 is 1.07 bits per heavy atom. The third-order valence-corrected chi connectivity index (χ3v) is 18.3. The quantitative estimate of drug-likeness (QED) is 0.0255. The summed E-state index contributed by atoms with van der Waals surface area (Å²) in [4.78, 5) is 101. The summed E-state index contributed by atoms with van der Waals surface area (Å²) in [6.45, 7) is -3.43. The molecule has 0 bridgehead atoms. The molecule has 12 rings (SSSR count). The summed E-state index contributed by atoms with van der Waals surface area (Å²) in [7, 11) is -20.8. The Labute approximate surface area is 505 Å². The van der Waals surface area contributed by atoms with Crippen LogP contribution in [-0.2, 0) is 69.3 Å². The predicted molar refractivity (Wildman–Crippen MR) is 294 cm³/mol. The molecule has 45 nitrogen and oxygen atoms in total. The summed E-state index contributed by atoms with van der Waals surface area (Å²) in [6, 6.07) is 0. The first-order valence-corrected chi connectivity index (χ1v) is 33.0. The van der Waals surface area contributed by atoms with Crippen molar-refractivity contribution in [3.8, 4) is 0 Å². The van der Waals surface area contributed by atoms with Crippen LogP contribution in [0.2, 0.25) is 0 Å². The largest absolute Gasteiger partial charge is 0.472 e. The number of nitrogens with zero attached hydrogens (tertiary/aromatic N) is 16. The van der Waals surface area contributed by atoms with E-state index in [4.69, 9.17) is 69.5 Å². The molecule has 4 aliphatic rings. The molecule has 91 heavy (non-hydrogen) atoms. The lowest BCUT2D eigenvalue weighted by atomic mass is 10.1. The monoisotopic (exact) mass is 1360 g/mol. The van der Waals surface area contributed by atoms with Gasteiger partial charge in [0.05, 0.1) is 51.7 Å². The van der Waals surface area contributed by atoms with Crippen molar-refractivity contribution in [2.45, 2.75) is 98.2 Å². The molecule has 4 aliphatic heterocycles. The number of hydrogen-bond acceptors (Lipinski definition) is 36. The van der Waals surface area contributed by atoms with Gasteiger partial charge in [0.2, 0.25) is 0 Å². The number of phosphoric ester groups is 2. The second-order valence-corrected chi connectivity index (χ2v) is 26.7. The van der Waals surface area contributed by atoms with E-state index in [-0.39, 0.29) is 67.9 Å². The van der Waals surface area contributed by atoms with Crippen molar-refractivity contribution in [3.63, 3.8) is 0 Å². The Balaban J connectivity index is 0.724. The van der Waals surface area contributed by atoms with Crippen molar-refractivity contribution in [2.75, 3.05) is 62.1 Å². The summed E-state index contributed by atoms with van der Waals surface area (Å²) in [5, 5.41) is 56.7. The third-order valence-electron chi connectivity index (χ3n) is 14.6. The lowest BCUT2D eigenvalue weighted by Crippen LogP contribution is -2.37. The first-order valence-electron chi connectivity index (χ1n) is 26.4. The number of nitrogens with two attached hydrogens (primary N) is 4. The minimum absolute atomic E-state index is 0.00261. The van der Waals surface area contributed by atoms with E-state index < -0.39 is 168 Å². The van der Waals surface area contributed by atoms with Crippen LogP contribution in [-0.4, -0.2) is 240 Å². The Hall–Kier alpha value is -6.52. The molecule has 8 aromatic heterocycles. The van der Waals surface area contributed by atoms with Crippen LogP contribution in [0.4, 0.5) is 23.3 Å². The number of aliphatic hydroxyl groups is 5. The van der Waals surface area contributed by atoms with Gasteiger partial charge in [0, 0.05) is 0 Å². The maximum absolute atomic E-state index is 14.1. The SMILES string of the molecule is Nc1ncnc2c1ncn2[C@@H]1O[C@H](COCP(=O)(O)O[C@@H]2[C@H](O)[C@@H](COP(=O)(O)O[C@H]3[C@H](O)[C@@H](COCP(=O)(O)O[C@@H]4[C@H](O)[C@@H](COP(=O)(O)O)O[C@H]4n4cnc5c(N)ncnc54)O[C@H]3n3cnc4c(N)ncnc43)O[C@H]2n2cnc3c(N)ncnc32)[C@@H](O)[C@@H]1O. The minimum Gasteiger partial charge on any atom is -0.387 e. The summed E-state index contributed by atoms with van der Waals surface area (Å²) in [6.07, 6.45) is -20.7. The van der Waals surface area contributed by atoms with E-state index in [1.165, 1.54) is 10.9 Å². The Morgan fingerprint density at radius 1 is 0.396 bits per heavy atom. The van der Waals surface area contributed by atoms with Crippen LogP contribution in [0.15, 0.2) is 50.6 Å². The standard InChI is InChI=1S/C42H54N20O25P4/c43-31-19-35(51-5-47-31)59(9-55-19)39-27(67)23(63)15(81-39)1-77-13-88(68,69)86-29-26(66)18(84-41(29)61-11-57-21-33(45)49-7-53-37(21)61)4-80-91(75,76)87-30-24(64)16(82-42(30)62-12-58-22-34(46)50-8-54-38(22)62)2-78-14-89(70,71)85-28-25(65)17(3-79-90(72,73)74)83-40(28)60-10-56-20-32(44)48-6-52-36(20)60/h5-12,15-18,23-30,39-42,63-67H,1-4,13-14H2,(H,68,69)(H,70,71)(H,75,76)(H2,43,47,51)(H2,44,48,52)(H2,45,49,53)(H2,46,50,54)(H2,72,73,74)/t15-,16-,17-,18-,23-,24-,25-,26-,27+,28-,29-,30+,39-,40-,41-,42-/m1/s1. The Bertz CT molecular complexity index is 4190.